The Balaban J connectivity index is 1.88. The second kappa shape index (κ2) is 7.71. The van der Waals surface area contributed by atoms with Crippen molar-refractivity contribution in [1.82, 2.24) is 5.32 Å². The number of para-hydroxylation sites is 2. The zero-order valence-corrected chi connectivity index (χ0v) is 15.8. The quantitative estimate of drug-likeness (QED) is 0.441. The van der Waals surface area contributed by atoms with Gasteiger partial charge in [0.2, 0.25) is 0 Å². The number of carbonyl (C=O) groups excluding carboxylic acids is 1. The van der Waals surface area contributed by atoms with Crippen molar-refractivity contribution in [3.8, 4) is 5.75 Å². The van der Waals surface area contributed by atoms with Crippen molar-refractivity contribution in [3.05, 3.63) is 67.5 Å². The number of halogens is 1. The lowest BCUT2D eigenvalue weighted by molar-refractivity contribution is -0.385. The maximum absolute atomic E-state index is 12.2. The molecule has 1 aliphatic heterocycles. The number of methoxy groups -OCH3 is 1. The number of amidine groups is 1. The highest BCUT2D eigenvalue weighted by Crippen LogP contribution is 2.33. The number of thioether (sulfide) groups is 1. The van der Waals surface area contributed by atoms with Gasteiger partial charge in [0.1, 0.15) is 11.4 Å². The van der Waals surface area contributed by atoms with E-state index in [2.05, 4.69) is 26.2 Å². The average Bonchev–Trinajstić information content (AvgIpc) is 2.96. The maximum atomic E-state index is 12.2. The molecule has 9 heteroatoms. The number of amides is 1. The number of carbonyl (C=O) groups is 1. The van der Waals surface area contributed by atoms with Crippen LogP contribution >= 0.6 is 27.7 Å². The van der Waals surface area contributed by atoms with Gasteiger partial charge in [0.25, 0.3) is 11.6 Å². The number of hydrogen-bond acceptors (Lipinski definition) is 6. The Kier molecular flexibility index (Phi) is 5.38. The van der Waals surface area contributed by atoms with Gasteiger partial charge in [-0.05, 0) is 57.5 Å². The van der Waals surface area contributed by atoms with Crippen LogP contribution in [0.15, 0.2) is 56.8 Å². The van der Waals surface area contributed by atoms with Crippen LogP contribution in [0.1, 0.15) is 5.56 Å². The molecular weight excluding hydrogens is 422 g/mol. The van der Waals surface area contributed by atoms with Crippen LogP contribution in [0.25, 0.3) is 6.08 Å². The van der Waals surface area contributed by atoms with Gasteiger partial charge in [-0.3, -0.25) is 14.9 Å². The molecule has 7 nitrogen and oxygen atoms in total. The number of nitrogens with one attached hydrogen (secondary N) is 1. The summed E-state index contributed by atoms with van der Waals surface area (Å²) in [5, 5.41) is 14.1. The Labute approximate surface area is 161 Å². The van der Waals surface area contributed by atoms with Crippen LogP contribution in [0.5, 0.6) is 5.75 Å². The predicted molar refractivity (Wildman–Crippen MR) is 105 cm³/mol. The molecule has 0 aliphatic carbocycles. The number of aliphatic imine (C=N–C) groups is 1. The largest absolute Gasteiger partial charge is 0.494 e. The smallest absolute Gasteiger partial charge is 0.284 e. The molecule has 26 heavy (non-hydrogen) atoms. The van der Waals surface area contributed by atoms with Gasteiger partial charge >= 0.3 is 0 Å². The Hall–Kier alpha value is -2.65. The van der Waals surface area contributed by atoms with Gasteiger partial charge in [-0.25, -0.2) is 4.99 Å². The van der Waals surface area contributed by atoms with Crippen LogP contribution in [0.4, 0.5) is 11.4 Å². The average molecular weight is 434 g/mol. The van der Waals surface area contributed by atoms with E-state index in [1.165, 1.54) is 6.07 Å². The minimum absolute atomic E-state index is 0.0642. The van der Waals surface area contributed by atoms with Crippen molar-refractivity contribution in [2.75, 3.05) is 7.11 Å². The Morgan fingerprint density at radius 3 is 2.81 bits per heavy atom. The van der Waals surface area contributed by atoms with Crippen LogP contribution < -0.4 is 10.1 Å². The summed E-state index contributed by atoms with van der Waals surface area (Å²) in [5.74, 6) is 0.282. The number of nitrogens with zero attached hydrogens (tertiary/aromatic N) is 2. The normalized spacial score (nSPS) is 16.8. The maximum Gasteiger partial charge on any atom is 0.284 e. The van der Waals surface area contributed by atoms with E-state index in [0.717, 1.165) is 11.8 Å². The summed E-state index contributed by atoms with van der Waals surface area (Å²) in [6, 6.07) is 11.9. The fraction of sp³-hybridized carbons (Fsp3) is 0.0588. The van der Waals surface area contributed by atoms with Gasteiger partial charge in [0, 0.05) is 6.07 Å². The van der Waals surface area contributed by atoms with E-state index in [4.69, 9.17) is 4.74 Å². The first-order chi connectivity index (χ1) is 12.5. The summed E-state index contributed by atoms with van der Waals surface area (Å²) in [4.78, 5) is 27.5. The molecule has 0 aromatic heterocycles. The fourth-order valence-electron chi connectivity index (χ4n) is 2.22. The summed E-state index contributed by atoms with van der Waals surface area (Å²) in [5.41, 5.74) is 1.08. The van der Waals surface area contributed by atoms with Crippen molar-refractivity contribution < 1.29 is 14.5 Å². The second-order valence-corrected chi connectivity index (χ2v) is 7.01. The SMILES string of the molecule is COc1ccccc1N=C1NC(=O)C(=Cc2ccc(Br)c([N+](=O)[O-])c2)S1. The minimum atomic E-state index is -0.484. The molecule has 0 radical (unpaired) electrons. The number of nitro benzene ring substituents is 1. The highest BCUT2D eigenvalue weighted by atomic mass is 79.9. The van der Waals surface area contributed by atoms with E-state index < -0.39 is 4.92 Å². The minimum Gasteiger partial charge on any atom is -0.494 e. The van der Waals surface area contributed by atoms with Gasteiger partial charge < -0.3 is 10.1 Å². The molecule has 0 atom stereocenters. The third kappa shape index (κ3) is 3.94. The van der Waals surface area contributed by atoms with E-state index in [0.29, 0.717) is 31.5 Å². The van der Waals surface area contributed by atoms with Crippen molar-refractivity contribution in [2.24, 2.45) is 4.99 Å². The first kappa shape index (κ1) is 18.2. The molecule has 1 heterocycles. The van der Waals surface area contributed by atoms with Crippen molar-refractivity contribution in [2.45, 2.75) is 0 Å². The zero-order valence-electron chi connectivity index (χ0n) is 13.4. The highest BCUT2D eigenvalue weighted by Gasteiger charge is 2.24. The number of benzene rings is 2. The molecule has 3 rings (SSSR count). The molecule has 1 aliphatic rings. The third-order valence-corrected chi connectivity index (χ3v) is 5.00. The van der Waals surface area contributed by atoms with Gasteiger partial charge in [-0.2, -0.15) is 0 Å². The van der Waals surface area contributed by atoms with Crippen molar-refractivity contribution in [1.29, 1.82) is 0 Å². The third-order valence-electron chi connectivity index (χ3n) is 3.42. The molecule has 2 aromatic carbocycles. The molecule has 132 valence electrons. The van der Waals surface area contributed by atoms with Crippen molar-refractivity contribution in [3.63, 3.8) is 0 Å². The summed E-state index contributed by atoms with van der Waals surface area (Å²) >= 11 is 4.30. The lowest BCUT2D eigenvalue weighted by Gasteiger charge is -2.03. The number of nitro groups is 1. The molecule has 0 bridgehead atoms. The number of hydrogen-bond donors (Lipinski definition) is 1. The van der Waals surface area contributed by atoms with Gasteiger partial charge in [0.15, 0.2) is 5.17 Å². The standard InChI is InChI=1S/C17H12BrN3O4S/c1-25-14-5-3-2-4-12(14)19-17-20-16(22)15(26-17)9-10-6-7-11(18)13(8-10)21(23)24/h2-9H,1H3,(H,19,20,22). The molecular formula is C17H12BrN3O4S. The summed E-state index contributed by atoms with van der Waals surface area (Å²) in [7, 11) is 1.55. The lowest BCUT2D eigenvalue weighted by Crippen LogP contribution is -2.19. The van der Waals surface area contributed by atoms with Crippen LogP contribution in [-0.2, 0) is 4.79 Å². The number of rotatable bonds is 4. The Morgan fingerprint density at radius 1 is 1.31 bits per heavy atom. The molecule has 1 fully saturated rings. The fourth-order valence-corrected chi connectivity index (χ4v) is 3.45. The van der Waals surface area contributed by atoms with Crippen LogP contribution in [0.3, 0.4) is 0 Å². The van der Waals surface area contributed by atoms with E-state index in [1.54, 1.807) is 37.5 Å². The summed E-state index contributed by atoms with van der Waals surface area (Å²) in [6.45, 7) is 0. The van der Waals surface area contributed by atoms with Gasteiger partial charge in [-0.15, -0.1) is 0 Å². The van der Waals surface area contributed by atoms with Crippen LogP contribution in [0.2, 0.25) is 0 Å². The van der Waals surface area contributed by atoms with Crippen LogP contribution in [0, 0.1) is 10.1 Å². The van der Waals surface area contributed by atoms with Crippen LogP contribution in [-0.4, -0.2) is 23.1 Å². The van der Waals surface area contributed by atoms with Crippen molar-refractivity contribution >= 4 is 56.2 Å². The van der Waals surface area contributed by atoms with E-state index in [9.17, 15) is 14.9 Å². The van der Waals surface area contributed by atoms with E-state index in [-0.39, 0.29) is 11.6 Å². The predicted octanol–water partition coefficient (Wildman–Crippen LogP) is 4.26. The zero-order chi connectivity index (χ0) is 18.7. The molecule has 2 aromatic rings. The first-order valence-electron chi connectivity index (χ1n) is 7.34. The summed E-state index contributed by atoms with van der Waals surface area (Å²) in [6.07, 6.45) is 1.59. The molecule has 0 unspecified atom stereocenters. The topological polar surface area (TPSA) is 93.8 Å². The monoisotopic (exact) mass is 433 g/mol. The molecule has 1 saturated heterocycles. The highest BCUT2D eigenvalue weighted by molar-refractivity contribution is 9.10. The van der Waals surface area contributed by atoms with E-state index in [1.807, 2.05) is 12.1 Å². The van der Waals surface area contributed by atoms with E-state index >= 15 is 0 Å². The second-order valence-electron chi connectivity index (χ2n) is 5.12. The first-order valence-corrected chi connectivity index (χ1v) is 8.95. The molecule has 0 spiro atoms. The molecule has 1 amide bonds. The molecule has 0 saturated carbocycles. The molecule has 1 N–H and O–H groups in total. The lowest BCUT2D eigenvalue weighted by atomic mass is 10.2. The van der Waals surface area contributed by atoms with Gasteiger partial charge in [0.05, 0.1) is 21.4 Å². The van der Waals surface area contributed by atoms with Gasteiger partial charge in [-0.1, -0.05) is 18.2 Å². The number of ether oxygens (including phenoxy) is 1. The summed E-state index contributed by atoms with van der Waals surface area (Å²) < 4.78 is 5.62. The Morgan fingerprint density at radius 2 is 2.08 bits per heavy atom. The Bertz CT molecular complexity index is 959.